The van der Waals surface area contributed by atoms with Crippen LogP contribution < -0.4 is 25.4 Å². The molecule has 0 bridgehead atoms. The fourth-order valence-electron chi connectivity index (χ4n) is 5.52. The number of nitrogens with one attached hydrogen (secondary N) is 3. The van der Waals surface area contributed by atoms with E-state index in [4.69, 9.17) is 38.0 Å². The monoisotopic (exact) mass is 601 g/mol. The van der Waals surface area contributed by atoms with E-state index in [0.29, 0.717) is 47.5 Å². The van der Waals surface area contributed by atoms with Crippen molar-refractivity contribution in [3.63, 3.8) is 0 Å². The second-order valence-corrected chi connectivity index (χ2v) is 10.9. The van der Waals surface area contributed by atoms with Gasteiger partial charge in [0, 0.05) is 42.5 Å². The fourth-order valence-corrected chi connectivity index (χ4v) is 6.09. The van der Waals surface area contributed by atoms with Crippen LogP contribution in [-0.2, 0) is 16.1 Å². The lowest BCUT2D eigenvalue weighted by atomic mass is 9.90. The number of rotatable bonds is 9. The van der Waals surface area contributed by atoms with Crippen LogP contribution in [-0.4, -0.2) is 77.5 Å². The number of ether oxygens (including phenoxy) is 3. The molecule has 0 radical (unpaired) electrons. The first-order valence-electron chi connectivity index (χ1n) is 13.4. The van der Waals surface area contributed by atoms with Gasteiger partial charge in [-0.15, -0.1) is 0 Å². The van der Waals surface area contributed by atoms with Gasteiger partial charge in [-0.05, 0) is 31.0 Å². The van der Waals surface area contributed by atoms with E-state index in [0.717, 1.165) is 30.5 Å². The maximum absolute atomic E-state index is 13.3. The third-order valence-corrected chi connectivity index (χ3v) is 8.12. The van der Waals surface area contributed by atoms with Crippen LogP contribution in [0.25, 0.3) is 0 Å². The standard InChI is InChI=1S/C28H32ClN5O6S/c1-38-25-19(29)5-3-7-21(25)33-27(41)23-24(18-4-2-6-20(18)32-26(23)35)31-12-16-8-9-30-13-22(16)40-15-17-14-34(28(36)37)10-11-39-17/h3,5,7-9,13,17-18,20,31H,2,4,6,10-12,14-15H2,1H3,(H,32,35)(H,33,41)(H,36,37)/t17-,18-,20+/m0/s1. The van der Waals surface area contributed by atoms with Crippen LogP contribution in [0.5, 0.6) is 11.5 Å². The highest BCUT2D eigenvalue weighted by Gasteiger charge is 2.40. The minimum atomic E-state index is -0.975. The van der Waals surface area contributed by atoms with Crippen molar-refractivity contribution in [2.24, 2.45) is 5.92 Å². The summed E-state index contributed by atoms with van der Waals surface area (Å²) in [4.78, 5) is 30.5. The molecule has 4 N–H and O–H groups in total. The molecular formula is C28H32ClN5O6S. The number of hydrogen-bond acceptors (Lipinski definition) is 8. The molecule has 0 unspecified atom stereocenters. The smallest absolute Gasteiger partial charge is 0.407 e. The number of benzene rings is 1. The van der Waals surface area contributed by atoms with E-state index >= 15 is 0 Å². The first-order valence-corrected chi connectivity index (χ1v) is 14.2. The maximum Gasteiger partial charge on any atom is 0.407 e. The molecule has 2 amide bonds. The lowest BCUT2D eigenvalue weighted by Crippen LogP contribution is -2.48. The van der Waals surface area contributed by atoms with E-state index in [1.165, 1.54) is 12.0 Å². The number of thiocarbonyl (C=S) groups is 1. The molecule has 3 atom stereocenters. The molecule has 1 aromatic heterocycles. The SMILES string of the molecule is COc1c(Cl)cccc1NC(=S)C1=C(NCc2ccncc2OC[C@@H]2CN(C(=O)O)CCO2)[C@H]2CCC[C@H]2NC1=O. The van der Waals surface area contributed by atoms with Crippen molar-refractivity contribution in [2.75, 3.05) is 38.7 Å². The van der Waals surface area contributed by atoms with Gasteiger partial charge in [0.25, 0.3) is 5.91 Å². The molecule has 1 saturated carbocycles. The molecule has 41 heavy (non-hydrogen) atoms. The predicted octanol–water partition coefficient (Wildman–Crippen LogP) is 3.58. The number of anilines is 1. The molecule has 3 aliphatic rings. The number of hydrogen-bond donors (Lipinski definition) is 4. The van der Waals surface area contributed by atoms with Gasteiger partial charge >= 0.3 is 6.09 Å². The number of carboxylic acid groups (broad SMARTS) is 1. The number of nitrogens with zero attached hydrogens (tertiary/aromatic N) is 2. The molecular weight excluding hydrogens is 570 g/mol. The Hall–Kier alpha value is -3.61. The number of methoxy groups -OCH3 is 1. The van der Waals surface area contributed by atoms with Crippen LogP contribution in [0, 0.1) is 5.92 Å². The van der Waals surface area contributed by atoms with Crippen LogP contribution in [0.4, 0.5) is 10.5 Å². The Morgan fingerprint density at radius 2 is 2.20 bits per heavy atom. The van der Waals surface area contributed by atoms with Gasteiger partial charge in [0.05, 0.1) is 42.7 Å². The van der Waals surface area contributed by atoms with Crippen LogP contribution in [0.3, 0.4) is 0 Å². The summed E-state index contributed by atoms with van der Waals surface area (Å²) in [6.07, 6.45) is 4.74. The minimum absolute atomic E-state index is 0.0334. The highest BCUT2D eigenvalue weighted by Crippen LogP contribution is 2.37. The minimum Gasteiger partial charge on any atom is -0.493 e. The van der Waals surface area contributed by atoms with Crippen molar-refractivity contribution in [2.45, 2.75) is 38.0 Å². The summed E-state index contributed by atoms with van der Waals surface area (Å²) in [5, 5.41) is 19.5. The molecule has 0 spiro atoms. The van der Waals surface area contributed by atoms with Gasteiger partial charge in [0.1, 0.15) is 23.4 Å². The number of amides is 2. The van der Waals surface area contributed by atoms with Crippen molar-refractivity contribution < 1.29 is 28.9 Å². The van der Waals surface area contributed by atoms with Gasteiger partial charge < -0.3 is 40.2 Å². The van der Waals surface area contributed by atoms with Crippen LogP contribution >= 0.6 is 23.8 Å². The summed E-state index contributed by atoms with van der Waals surface area (Å²) >= 11 is 12.0. The number of morpholine rings is 1. The molecule has 5 rings (SSSR count). The third kappa shape index (κ3) is 6.50. The molecule has 3 heterocycles. The lowest BCUT2D eigenvalue weighted by molar-refractivity contribution is -0.118. The Morgan fingerprint density at radius 1 is 1.34 bits per heavy atom. The summed E-state index contributed by atoms with van der Waals surface area (Å²) in [5.41, 5.74) is 2.55. The Kier molecular flexibility index (Phi) is 9.11. The number of pyridine rings is 1. The van der Waals surface area contributed by atoms with Crippen LogP contribution in [0.15, 0.2) is 47.9 Å². The molecule has 2 aromatic rings. The van der Waals surface area contributed by atoms with E-state index in [9.17, 15) is 14.7 Å². The Morgan fingerprint density at radius 3 is 3.00 bits per heavy atom. The Labute approximate surface area is 248 Å². The van der Waals surface area contributed by atoms with E-state index in [2.05, 4.69) is 20.9 Å². The van der Waals surface area contributed by atoms with Crippen molar-refractivity contribution in [3.05, 3.63) is 58.5 Å². The number of fused-ring (bicyclic) bond motifs is 1. The zero-order valence-electron chi connectivity index (χ0n) is 22.5. The summed E-state index contributed by atoms with van der Waals surface area (Å²) in [5.74, 6) is 0.838. The summed E-state index contributed by atoms with van der Waals surface area (Å²) < 4.78 is 17.2. The number of carbonyl (C=O) groups excluding carboxylic acids is 1. The second-order valence-electron chi connectivity index (χ2n) is 10.1. The zero-order valence-corrected chi connectivity index (χ0v) is 24.1. The summed E-state index contributed by atoms with van der Waals surface area (Å²) in [6, 6.07) is 7.16. The first kappa shape index (κ1) is 28.9. The van der Waals surface area contributed by atoms with Crippen molar-refractivity contribution in [1.29, 1.82) is 0 Å². The van der Waals surface area contributed by atoms with Gasteiger partial charge in [0.15, 0.2) is 5.75 Å². The highest BCUT2D eigenvalue weighted by molar-refractivity contribution is 7.81. The van der Waals surface area contributed by atoms with Gasteiger partial charge in [0.2, 0.25) is 0 Å². The molecule has 13 heteroatoms. The summed E-state index contributed by atoms with van der Waals surface area (Å²) in [7, 11) is 1.52. The fraction of sp³-hybridized carbons (Fsp3) is 0.429. The molecule has 1 aromatic carbocycles. The van der Waals surface area contributed by atoms with Crippen molar-refractivity contribution in [1.82, 2.24) is 20.5 Å². The zero-order chi connectivity index (χ0) is 28.9. The van der Waals surface area contributed by atoms with Gasteiger partial charge in [-0.2, -0.15) is 0 Å². The number of para-hydroxylation sites is 1. The van der Waals surface area contributed by atoms with Crippen molar-refractivity contribution >= 4 is 46.5 Å². The van der Waals surface area contributed by atoms with Gasteiger partial charge in [-0.3, -0.25) is 9.78 Å². The molecule has 2 fully saturated rings. The maximum atomic E-state index is 13.3. The van der Waals surface area contributed by atoms with E-state index in [-0.39, 0.29) is 42.1 Å². The predicted molar refractivity (Wildman–Crippen MR) is 156 cm³/mol. The molecule has 1 saturated heterocycles. The highest BCUT2D eigenvalue weighted by atomic mass is 35.5. The molecule has 11 nitrogen and oxygen atoms in total. The third-order valence-electron chi connectivity index (χ3n) is 7.52. The Balaban J connectivity index is 1.35. The van der Waals surface area contributed by atoms with Crippen LogP contribution in [0.2, 0.25) is 5.02 Å². The number of aromatic nitrogens is 1. The topological polar surface area (TPSA) is 134 Å². The van der Waals surface area contributed by atoms with Gasteiger partial charge in [-0.1, -0.05) is 36.3 Å². The summed E-state index contributed by atoms with van der Waals surface area (Å²) in [6.45, 7) is 1.43. The molecule has 2 aliphatic heterocycles. The second kappa shape index (κ2) is 12.9. The average molecular weight is 602 g/mol. The largest absolute Gasteiger partial charge is 0.493 e. The van der Waals surface area contributed by atoms with Crippen LogP contribution in [0.1, 0.15) is 24.8 Å². The number of carbonyl (C=O) groups is 2. The van der Waals surface area contributed by atoms with E-state index in [1.54, 1.807) is 30.6 Å². The van der Waals surface area contributed by atoms with E-state index in [1.807, 2.05) is 6.07 Å². The normalized spacial score (nSPS) is 22.0. The number of halogens is 1. The Bertz CT molecular complexity index is 1360. The van der Waals surface area contributed by atoms with E-state index < -0.39 is 6.09 Å². The average Bonchev–Trinajstić information content (AvgIpc) is 3.43. The van der Waals surface area contributed by atoms with Crippen molar-refractivity contribution in [3.8, 4) is 11.5 Å². The molecule has 1 aliphatic carbocycles. The quantitative estimate of drug-likeness (QED) is 0.316. The van der Waals surface area contributed by atoms with Gasteiger partial charge in [-0.25, -0.2) is 4.79 Å². The lowest BCUT2D eigenvalue weighted by Gasteiger charge is -2.33. The molecule has 218 valence electrons. The first-order chi connectivity index (χ1) is 19.9.